The summed E-state index contributed by atoms with van der Waals surface area (Å²) in [5.41, 5.74) is 5.13. The van der Waals surface area contributed by atoms with E-state index in [1.807, 2.05) is 43.3 Å². The molecule has 3 rings (SSSR count). The van der Waals surface area contributed by atoms with Gasteiger partial charge in [0, 0.05) is 25.3 Å². The number of hydrogen-bond donors (Lipinski definition) is 1. The Morgan fingerprint density at radius 2 is 1.75 bits per heavy atom. The zero-order valence-corrected chi connectivity index (χ0v) is 16.7. The monoisotopic (exact) mass is 376 g/mol. The highest BCUT2D eigenvalue weighted by atomic mass is 16.2. The summed E-state index contributed by atoms with van der Waals surface area (Å²) in [7, 11) is 0. The number of benzene rings is 2. The lowest BCUT2D eigenvalue weighted by Gasteiger charge is -2.22. The molecular formula is C23H28N4O. The molecule has 1 aliphatic rings. The van der Waals surface area contributed by atoms with Crippen LogP contribution < -0.4 is 5.32 Å². The van der Waals surface area contributed by atoms with Crippen molar-refractivity contribution in [2.45, 2.75) is 26.8 Å². The molecule has 28 heavy (non-hydrogen) atoms. The molecule has 0 aromatic heterocycles. The smallest absolute Gasteiger partial charge is 0.238 e. The highest BCUT2D eigenvalue weighted by Crippen LogP contribution is 2.18. The van der Waals surface area contributed by atoms with Gasteiger partial charge >= 0.3 is 0 Å². The van der Waals surface area contributed by atoms with Crippen LogP contribution in [0.5, 0.6) is 0 Å². The number of carbonyl (C=O) groups excluding carboxylic acids is 1. The second-order valence-electron chi connectivity index (χ2n) is 7.51. The van der Waals surface area contributed by atoms with E-state index in [1.54, 1.807) is 0 Å². The van der Waals surface area contributed by atoms with E-state index in [9.17, 15) is 4.79 Å². The van der Waals surface area contributed by atoms with E-state index in [2.05, 4.69) is 34.2 Å². The van der Waals surface area contributed by atoms with Gasteiger partial charge in [0.25, 0.3) is 0 Å². The van der Waals surface area contributed by atoms with Gasteiger partial charge < -0.3 is 5.32 Å². The molecule has 146 valence electrons. The summed E-state index contributed by atoms with van der Waals surface area (Å²) in [6.45, 7) is 9.19. The minimum Gasteiger partial charge on any atom is -0.325 e. The number of nitriles is 1. The highest BCUT2D eigenvalue weighted by Gasteiger charge is 2.17. The topological polar surface area (TPSA) is 59.4 Å². The number of nitrogens with zero attached hydrogens (tertiary/aromatic N) is 3. The fourth-order valence-electron chi connectivity index (χ4n) is 3.56. The van der Waals surface area contributed by atoms with E-state index in [0.29, 0.717) is 12.1 Å². The number of rotatable bonds is 5. The van der Waals surface area contributed by atoms with Gasteiger partial charge in [-0.3, -0.25) is 14.6 Å². The van der Waals surface area contributed by atoms with Crippen LogP contribution in [0.15, 0.2) is 42.5 Å². The Kier molecular flexibility index (Phi) is 6.80. The first kappa shape index (κ1) is 20.1. The van der Waals surface area contributed by atoms with E-state index in [0.717, 1.165) is 50.4 Å². The van der Waals surface area contributed by atoms with E-state index in [-0.39, 0.29) is 5.91 Å². The molecule has 0 radical (unpaired) electrons. The average Bonchev–Trinajstić information content (AvgIpc) is 2.91. The van der Waals surface area contributed by atoms with Gasteiger partial charge in [0.2, 0.25) is 5.91 Å². The molecule has 0 bridgehead atoms. The van der Waals surface area contributed by atoms with Crippen LogP contribution in [0.1, 0.15) is 28.7 Å². The van der Waals surface area contributed by atoms with Crippen molar-refractivity contribution in [3.05, 3.63) is 64.7 Å². The molecule has 1 aliphatic heterocycles. The molecule has 1 amide bonds. The summed E-state index contributed by atoms with van der Waals surface area (Å²) < 4.78 is 0. The maximum absolute atomic E-state index is 12.5. The van der Waals surface area contributed by atoms with E-state index in [1.165, 1.54) is 11.1 Å². The zero-order chi connectivity index (χ0) is 19.9. The normalized spacial score (nSPS) is 15.6. The Balaban J connectivity index is 1.49. The first-order valence-corrected chi connectivity index (χ1v) is 9.85. The van der Waals surface area contributed by atoms with Gasteiger partial charge in [0.15, 0.2) is 0 Å². The molecule has 1 N–H and O–H groups in total. The van der Waals surface area contributed by atoms with Crippen molar-refractivity contribution >= 4 is 11.6 Å². The first-order chi connectivity index (χ1) is 13.5. The average molecular weight is 377 g/mol. The highest BCUT2D eigenvalue weighted by molar-refractivity contribution is 5.93. The summed E-state index contributed by atoms with van der Waals surface area (Å²) in [4.78, 5) is 17.2. The van der Waals surface area contributed by atoms with Crippen LogP contribution in [0.25, 0.3) is 0 Å². The second-order valence-corrected chi connectivity index (χ2v) is 7.51. The molecule has 0 unspecified atom stereocenters. The van der Waals surface area contributed by atoms with Gasteiger partial charge in [-0.1, -0.05) is 24.3 Å². The summed E-state index contributed by atoms with van der Waals surface area (Å²) in [5.74, 6) is 0.0502. The lowest BCUT2D eigenvalue weighted by atomic mass is 10.1. The van der Waals surface area contributed by atoms with Gasteiger partial charge in [0.1, 0.15) is 0 Å². The van der Waals surface area contributed by atoms with Gasteiger partial charge in [-0.2, -0.15) is 5.26 Å². The molecule has 2 aromatic rings. The predicted molar refractivity (Wildman–Crippen MR) is 112 cm³/mol. The lowest BCUT2D eigenvalue weighted by molar-refractivity contribution is -0.117. The van der Waals surface area contributed by atoms with Crippen molar-refractivity contribution in [1.29, 1.82) is 5.26 Å². The molecule has 1 heterocycles. The van der Waals surface area contributed by atoms with Crippen molar-refractivity contribution < 1.29 is 4.79 Å². The van der Waals surface area contributed by atoms with E-state index >= 15 is 0 Å². The molecular weight excluding hydrogens is 348 g/mol. The number of hydrogen-bond acceptors (Lipinski definition) is 4. The quantitative estimate of drug-likeness (QED) is 0.870. The van der Waals surface area contributed by atoms with Crippen molar-refractivity contribution in [3.63, 3.8) is 0 Å². The van der Waals surface area contributed by atoms with Gasteiger partial charge in [0.05, 0.1) is 18.2 Å². The summed E-state index contributed by atoms with van der Waals surface area (Å²) >= 11 is 0. The number of nitrogens with one attached hydrogen (secondary N) is 1. The Bertz CT molecular complexity index is 854. The molecule has 0 aliphatic carbocycles. The fourth-order valence-corrected chi connectivity index (χ4v) is 3.56. The van der Waals surface area contributed by atoms with Crippen LogP contribution in [0.4, 0.5) is 5.69 Å². The molecule has 0 atom stereocenters. The van der Waals surface area contributed by atoms with Gasteiger partial charge in [-0.25, -0.2) is 0 Å². The molecule has 2 aromatic carbocycles. The molecule has 5 heteroatoms. The Labute approximate surface area is 167 Å². The minimum atomic E-state index is 0.0502. The van der Waals surface area contributed by atoms with E-state index < -0.39 is 0 Å². The van der Waals surface area contributed by atoms with Crippen LogP contribution in [0.3, 0.4) is 0 Å². The van der Waals surface area contributed by atoms with Crippen molar-refractivity contribution in [1.82, 2.24) is 9.80 Å². The Hall–Kier alpha value is -2.68. The van der Waals surface area contributed by atoms with Crippen LogP contribution in [0.2, 0.25) is 0 Å². The summed E-state index contributed by atoms with van der Waals surface area (Å²) in [5, 5.41) is 12.0. The Morgan fingerprint density at radius 1 is 1.04 bits per heavy atom. The van der Waals surface area contributed by atoms with Crippen LogP contribution in [-0.4, -0.2) is 48.4 Å². The standard InChI is InChI=1S/C23H28N4O/c1-18-5-3-6-22(19(18)2)25-23(28)17-27-12-4-11-26(13-14-27)16-21-9-7-20(15-24)8-10-21/h3,5-10H,4,11-14,16-17H2,1-2H3,(H,25,28). The van der Waals surface area contributed by atoms with Crippen LogP contribution >= 0.6 is 0 Å². The first-order valence-electron chi connectivity index (χ1n) is 9.85. The minimum absolute atomic E-state index is 0.0502. The fraction of sp³-hybridized carbons (Fsp3) is 0.391. The molecule has 5 nitrogen and oxygen atoms in total. The third-order valence-corrected chi connectivity index (χ3v) is 5.42. The number of aryl methyl sites for hydroxylation is 1. The maximum Gasteiger partial charge on any atom is 0.238 e. The van der Waals surface area contributed by atoms with Gasteiger partial charge in [-0.05, 0) is 68.2 Å². The van der Waals surface area contributed by atoms with Crippen LogP contribution in [0, 0.1) is 25.2 Å². The predicted octanol–water partition coefficient (Wildman–Crippen LogP) is 3.32. The zero-order valence-electron chi connectivity index (χ0n) is 16.7. The summed E-state index contributed by atoms with van der Waals surface area (Å²) in [6.07, 6.45) is 1.05. The van der Waals surface area contributed by atoms with Crippen molar-refractivity contribution in [2.75, 3.05) is 38.0 Å². The largest absolute Gasteiger partial charge is 0.325 e. The van der Waals surface area contributed by atoms with Gasteiger partial charge in [-0.15, -0.1) is 0 Å². The molecule has 0 saturated carbocycles. The number of anilines is 1. The number of amides is 1. The lowest BCUT2D eigenvalue weighted by Crippen LogP contribution is -2.36. The molecule has 0 spiro atoms. The molecule has 1 fully saturated rings. The third-order valence-electron chi connectivity index (χ3n) is 5.42. The summed E-state index contributed by atoms with van der Waals surface area (Å²) in [6, 6.07) is 16.0. The third kappa shape index (κ3) is 5.41. The SMILES string of the molecule is Cc1cccc(NC(=O)CN2CCCN(Cc3ccc(C#N)cc3)CC2)c1C. The maximum atomic E-state index is 12.5. The van der Waals surface area contributed by atoms with Crippen molar-refractivity contribution in [2.24, 2.45) is 0 Å². The number of carbonyl (C=O) groups is 1. The van der Waals surface area contributed by atoms with Crippen molar-refractivity contribution in [3.8, 4) is 6.07 Å². The molecule has 1 saturated heterocycles. The van der Waals surface area contributed by atoms with Crippen LogP contribution in [-0.2, 0) is 11.3 Å². The Morgan fingerprint density at radius 3 is 2.50 bits per heavy atom. The second kappa shape index (κ2) is 9.50. The van der Waals surface area contributed by atoms with E-state index in [4.69, 9.17) is 5.26 Å².